The molecular weight excluding hydrogens is 291 g/mol. The molecule has 0 fully saturated rings. The lowest BCUT2D eigenvalue weighted by Gasteiger charge is -2.09. The Balaban J connectivity index is 2.82. The maximum atomic E-state index is 13.2. The van der Waals surface area contributed by atoms with E-state index in [0.717, 1.165) is 6.07 Å². The number of unbranched alkanes of at least 4 members (excludes halogenated alkanes) is 1. The third-order valence-corrected chi connectivity index (χ3v) is 3.72. The molecule has 102 valence electrons. The molecular formula is C10H11ClF3NO2S. The Hall–Kier alpha value is -0.950. The molecule has 0 unspecified atom stereocenters. The fraction of sp³-hybridized carbons (Fsp3) is 0.400. The van der Waals surface area contributed by atoms with Gasteiger partial charge in [0.2, 0.25) is 10.0 Å². The van der Waals surface area contributed by atoms with Gasteiger partial charge in [0.1, 0.15) is 0 Å². The molecule has 0 radical (unpaired) electrons. The monoisotopic (exact) mass is 301 g/mol. The van der Waals surface area contributed by atoms with E-state index in [2.05, 4.69) is 0 Å². The van der Waals surface area contributed by atoms with Crippen LogP contribution in [0.1, 0.15) is 12.8 Å². The highest BCUT2D eigenvalue weighted by atomic mass is 35.5. The molecule has 8 heteroatoms. The fourth-order valence-electron chi connectivity index (χ4n) is 1.21. The van der Waals surface area contributed by atoms with E-state index in [1.807, 2.05) is 4.72 Å². The summed E-state index contributed by atoms with van der Waals surface area (Å²) < 4.78 is 63.6. The van der Waals surface area contributed by atoms with Gasteiger partial charge in [0, 0.05) is 5.88 Å². The van der Waals surface area contributed by atoms with Crippen molar-refractivity contribution in [3.8, 4) is 0 Å². The molecule has 0 aromatic heterocycles. The van der Waals surface area contributed by atoms with Gasteiger partial charge < -0.3 is 0 Å². The Morgan fingerprint density at radius 1 is 1.11 bits per heavy atom. The molecule has 3 nitrogen and oxygen atoms in total. The van der Waals surface area contributed by atoms with Crippen LogP contribution in [0.4, 0.5) is 18.9 Å². The summed E-state index contributed by atoms with van der Waals surface area (Å²) in [6.07, 6.45) is 0.785. The van der Waals surface area contributed by atoms with Crippen molar-refractivity contribution in [2.24, 2.45) is 0 Å². The SMILES string of the molecule is O=S(=O)(CCCCCl)Nc1ccc(F)c(F)c1F. The number of hydrogen-bond acceptors (Lipinski definition) is 2. The van der Waals surface area contributed by atoms with E-state index < -0.39 is 33.2 Å². The van der Waals surface area contributed by atoms with Gasteiger partial charge in [-0.25, -0.2) is 21.6 Å². The largest absolute Gasteiger partial charge is 0.280 e. The highest BCUT2D eigenvalue weighted by Crippen LogP contribution is 2.20. The first-order valence-electron chi connectivity index (χ1n) is 5.07. The lowest BCUT2D eigenvalue weighted by molar-refractivity contribution is 0.449. The average Bonchev–Trinajstić information content (AvgIpc) is 2.30. The lowest BCUT2D eigenvalue weighted by atomic mass is 10.3. The number of alkyl halides is 1. The predicted molar refractivity (Wildman–Crippen MR) is 63.7 cm³/mol. The number of rotatable bonds is 6. The van der Waals surface area contributed by atoms with E-state index in [9.17, 15) is 21.6 Å². The second-order valence-electron chi connectivity index (χ2n) is 3.54. The van der Waals surface area contributed by atoms with Crippen LogP contribution < -0.4 is 4.72 Å². The Morgan fingerprint density at radius 2 is 1.78 bits per heavy atom. The summed E-state index contributed by atoms with van der Waals surface area (Å²) in [5.41, 5.74) is -0.611. The van der Waals surface area contributed by atoms with Crippen molar-refractivity contribution in [2.45, 2.75) is 12.8 Å². The minimum Gasteiger partial charge on any atom is -0.280 e. The average molecular weight is 302 g/mol. The van der Waals surface area contributed by atoms with Crippen LogP contribution >= 0.6 is 11.6 Å². The number of benzene rings is 1. The number of hydrogen-bond donors (Lipinski definition) is 1. The summed E-state index contributed by atoms with van der Waals surface area (Å²) in [6.45, 7) is 0. The van der Waals surface area contributed by atoms with Crippen LogP contribution in [0, 0.1) is 17.5 Å². The number of halogens is 4. The zero-order valence-electron chi connectivity index (χ0n) is 9.22. The van der Waals surface area contributed by atoms with Gasteiger partial charge in [0.25, 0.3) is 0 Å². The molecule has 0 saturated heterocycles. The molecule has 0 heterocycles. The van der Waals surface area contributed by atoms with Crippen LogP contribution in [0.2, 0.25) is 0 Å². The first-order chi connectivity index (χ1) is 8.37. The zero-order chi connectivity index (χ0) is 13.8. The third-order valence-electron chi connectivity index (χ3n) is 2.10. The van der Waals surface area contributed by atoms with Gasteiger partial charge in [0.15, 0.2) is 17.5 Å². The molecule has 0 atom stereocenters. The van der Waals surface area contributed by atoms with Gasteiger partial charge in [0.05, 0.1) is 11.4 Å². The maximum Gasteiger partial charge on any atom is 0.232 e. The van der Waals surface area contributed by atoms with Crippen LogP contribution in [-0.4, -0.2) is 20.1 Å². The van der Waals surface area contributed by atoms with Crippen molar-refractivity contribution in [3.63, 3.8) is 0 Å². The molecule has 0 spiro atoms. The molecule has 18 heavy (non-hydrogen) atoms. The Bertz CT molecular complexity index is 522. The van der Waals surface area contributed by atoms with Gasteiger partial charge in [-0.1, -0.05) is 0 Å². The molecule has 0 bridgehead atoms. The van der Waals surface area contributed by atoms with E-state index in [0.29, 0.717) is 24.8 Å². The molecule has 0 saturated carbocycles. The van der Waals surface area contributed by atoms with Crippen molar-refractivity contribution < 1.29 is 21.6 Å². The molecule has 1 aromatic rings. The lowest BCUT2D eigenvalue weighted by Crippen LogP contribution is -2.18. The summed E-state index contributed by atoms with van der Waals surface area (Å²) in [6, 6.07) is 1.47. The Labute approximate surface area is 108 Å². The standard InChI is InChI=1S/C10H11ClF3NO2S/c11-5-1-2-6-18(16,17)15-8-4-3-7(12)9(13)10(8)14/h3-4,15H,1-2,5-6H2. The Morgan fingerprint density at radius 3 is 2.39 bits per heavy atom. The second kappa shape index (κ2) is 6.29. The quantitative estimate of drug-likeness (QED) is 0.499. The summed E-state index contributed by atoms with van der Waals surface area (Å²) in [5.74, 6) is -4.60. The van der Waals surface area contributed by atoms with Crippen LogP contribution in [0.15, 0.2) is 12.1 Å². The van der Waals surface area contributed by atoms with Gasteiger partial charge in [-0.3, -0.25) is 4.72 Å². The molecule has 0 aliphatic rings. The molecule has 1 rings (SSSR count). The van der Waals surface area contributed by atoms with Crippen molar-refractivity contribution in [1.29, 1.82) is 0 Å². The molecule has 0 aliphatic heterocycles. The minimum atomic E-state index is -3.80. The number of sulfonamides is 1. The predicted octanol–water partition coefficient (Wildman–Crippen LogP) is 2.86. The molecule has 0 amide bonds. The summed E-state index contributed by atoms with van der Waals surface area (Å²) in [7, 11) is -3.80. The number of nitrogens with one attached hydrogen (secondary N) is 1. The van der Waals surface area contributed by atoms with E-state index in [-0.39, 0.29) is 5.75 Å². The highest BCUT2D eigenvalue weighted by Gasteiger charge is 2.17. The summed E-state index contributed by atoms with van der Waals surface area (Å²) in [4.78, 5) is 0. The normalized spacial score (nSPS) is 11.6. The van der Waals surface area contributed by atoms with Gasteiger partial charge in [-0.05, 0) is 25.0 Å². The third kappa shape index (κ3) is 4.06. The fourth-order valence-corrected chi connectivity index (χ4v) is 2.58. The first kappa shape index (κ1) is 15.1. The molecule has 0 aliphatic carbocycles. The molecule has 1 N–H and O–H groups in total. The number of anilines is 1. The van der Waals surface area contributed by atoms with Gasteiger partial charge >= 0.3 is 0 Å². The second-order valence-corrected chi connectivity index (χ2v) is 5.76. The maximum absolute atomic E-state index is 13.2. The van der Waals surface area contributed by atoms with Crippen molar-refractivity contribution in [3.05, 3.63) is 29.6 Å². The van der Waals surface area contributed by atoms with Crippen LogP contribution in [0.5, 0.6) is 0 Å². The Kier molecular flexibility index (Phi) is 5.28. The minimum absolute atomic E-state index is 0.266. The highest BCUT2D eigenvalue weighted by molar-refractivity contribution is 7.92. The van der Waals surface area contributed by atoms with E-state index in [1.165, 1.54) is 0 Å². The van der Waals surface area contributed by atoms with Crippen LogP contribution in [-0.2, 0) is 10.0 Å². The van der Waals surface area contributed by atoms with Crippen LogP contribution in [0.25, 0.3) is 0 Å². The van der Waals surface area contributed by atoms with Gasteiger partial charge in [-0.15, -0.1) is 11.6 Å². The van der Waals surface area contributed by atoms with Crippen molar-refractivity contribution in [1.82, 2.24) is 0 Å². The van der Waals surface area contributed by atoms with Crippen molar-refractivity contribution in [2.75, 3.05) is 16.4 Å². The molecule has 1 aromatic carbocycles. The summed E-state index contributed by atoms with van der Waals surface area (Å²) >= 11 is 5.39. The first-order valence-corrected chi connectivity index (χ1v) is 7.26. The topological polar surface area (TPSA) is 46.2 Å². The van der Waals surface area contributed by atoms with E-state index in [1.54, 1.807) is 0 Å². The van der Waals surface area contributed by atoms with Gasteiger partial charge in [-0.2, -0.15) is 0 Å². The van der Waals surface area contributed by atoms with E-state index in [4.69, 9.17) is 11.6 Å². The smallest absolute Gasteiger partial charge is 0.232 e. The zero-order valence-corrected chi connectivity index (χ0v) is 10.8. The summed E-state index contributed by atoms with van der Waals surface area (Å²) in [5, 5.41) is 0. The van der Waals surface area contributed by atoms with Crippen molar-refractivity contribution >= 4 is 27.3 Å². The van der Waals surface area contributed by atoms with Crippen LogP contribution in [0.3, 0.4) is 0 Å². The van der Waals surface area contributed by atoms with E-state index >= 15 is 0 Å².